The summed E-state index contributed by atoms with van der Waals surface area (Å²) in [6.07, 6.45) is 0.313. The Morgan fingerprint density at radius 3 is 2.19 bits per heavy atom. The number of hydrogen-bond donors (Lipinski definition) is 8. The fraction of sp³-hybridized carbons (Fsp3) is 0.733. The number of carbonyl (C=O) groups excluding carboxylic acids is 3. The van der Waals surface area contributed by atoms with Gasteiger partial charge >= 0.3 is 5.97 Å². The molecule has 0 rings (SSSR count). The number of carboxylic acid groups (broad SMARTS) is 1. The molecule has 0 aromatic heterocycles. The molecule has 0 aliphatic carbocycles. The number of nitrogens with one attached hydrogen (secondary N) is 3. The first-order chi connectivity index (χ1) is 12.6. The third-order valence-corrected chi connectivity index (χ3v) is 4.01. The van der Waals surface area contributed by atoms with Crippen LogP contribution in [-0.4, -0.2) is 77.0 Å². The third kappa shape index (κ3) is 10.1. The highest BCUT2D eigenvalue weighted by atomic mass is 32.1. The SMILES string of the molecule is CC(O)C(N)C(=O)NCC(=O)NC(CCCCN)C(=O)NC(CS)C(=O)O. The minimum Gasteiger partial charge on any atom is -0.480 e. The largest absolute Gasteiger partial charge is 0.480 e. The van der Waals surface area contributed by atoms with Gasteiger partial charge in [-0.25, -0.2) is 4.79 Å². The third-order valence-electron chi connectivity index (χ3n) is 3.64. The molecular formula is C15H29N5O6S. The minimum absolute atomic E-state index is 0.113. The van der Waals surface area contributed by atoms with Crippen molar-refractivity contribution in [1.29, 1.82) is 0 Å². The summed E-state index contributed by atoms with van der Waals surface area (Å²) in [7, 11) is 0. The van der Waals surface area contributed by atoms with Gasteiger partial charge in [-0.2, -0.15) is 12.6 Å². The summed E-state index contributed by atoms with van der Waals surface area (Å²) in [5, 5.41) is 25.2. The van der Waals surface area contributed by atoms with E-state index in [1.165, 1.54) is 6.92 Å². The van der Waals surface area contributed by atoms with Crippen LogP contribution in [0, 0.1) is 0 Å². The highest BCUT2D eigenvalue weighted by molar-refractivity contribution is 7.80. The Kier molecular flexibility index (Phi) is 12.4. The molecule has 0 radical (unpaired) electrons. The van der Waals surface area contributed by atoms with Gasteiger partial charge in [0.2, 0.25) is 17.7 Å². The highest BCUT2D eigenvalue weighted by Crippen LogP contribution is 2.02. The van der Waals surface area contributed by atoms with Crippen LogP contribution in [0.5, 0.6) is 0 Å². The lowest BCUT2D eigenvalue weighted by atomic mass is 10.1. The quantitative estimate of drug-likeness (QED) is 0.116. The van der Waals surface area contributed by atoms with Gasteiger partial charge in [0.25, 0.3) is 0 Å². The van der Waals surface area contributed by atoms with Crippen LogP contribution in [0.4, 0.5) is 0 Å². The predicted octanol–water partition coefficient (Wildman–Crippen LogP) is -3.08. The number of thiol groups is 1. The van der Waals surface area contributed by atoms with Gasteiger partial charge < -0.3 is 37.6 Å². The monoisotopic (exact) mass is 407 g/mol. The number of hydrogen-bond acceptors (Lipinski definition) is 8. The zero-order valence-corrected chi connectivity index (χ0v) is 16.1. The smallest absolute Gasteiger partial charge is 0.327 e. The van der Waals surface area contributed by atoms with Crippen LogP contribution in [0.3, 0.4) is 0 Å². The number of aliphatic hydroxyl groups excluding tert-OH is 1. The lowest BCUT2D eigenvalue weighted by Gasteiger charge is -2.21. The van der Waals surface area contributed by atoms with Crippen molar-refractivity contribution in [2.45, 2.75) is 50.4 Å². The Morgan fingerprint density at radius 2 is 1.70 bits per heavy atom. The average molecular weight is 407 g/mol. The second-order valence-electron chi connectivity index (χ2n) is 5.97. The number of unbranched alkanes of at least 4 members (excludes halogenated alkanes) is 1. The standard InChI is InChI=1S/C15H29N5O6S/c1-8(21)12(17)14(24)18-6-11(22)19-9(4-2-3-5-16)13(23)20-10(7-27)15(25)26/h8-10,12,21,27H,2-7,16-17H2,1H3,(H,18,24)(H,19,22)(H,20,23)(H,25,26). The molecule has 11 nitrogen and oxygen atoms in total. The van der Waals surface area contributed by atoms with Gasteiger partial charge in [-0.15, -0.1) is 0 Å². The zero-order valence-electron chi connectivity index (χ0n) is 15.2. The number of amides is 3. The molecule has 0 heterocycles. The van der Waals surface area contributed by atoms with Crippen LogP contribution in [0.25, 0.3) is 0 Å². The van der Waals surface area contributed by atoms with E-state index in [9.17, 15) is 24.3 Å². The van der Waals surface area contributed by atoms with Gasteiger partial charge in [0, 0.05) is 5.75 Å². The first-order valence-electron chi connectivity index (χ1n) is 8.48. The van der Waals surface area contributed by atoms with Gasteiger partial charge in [-0.3, -0.25) is 14.4 Å². The Morgan fingerprint density at radius 1 is 1.07 bits per heavy atom. The summed E-state index contributed by atoms with van der Waals surface area (Å²) in [6.45, 7) is 1.29. The van der Waals surface area contributed by atoms with Crippen LogP contribution in [-0.2, 0) is 19.2 Å². The lowest BCUT2D eigenvalue weighted by molar-refractivity contribution is -0.141. The van der Waals surface area contributed by atoms with Crippen molar-refractivity contribution in [3.05, 3.63) is 0 Å². The predicted molar refractivity (Wildman–Crippen MR) is 101 cm³/mol. The molecule has 0 aliphatic rings. The molecule has 0 aromatic rings. The Balaban J connectivity index is 4.78. The van der Waals surface area contributed by atoms with Crippen LogP contribution in [0.15, 0.2) is 0 Å². The van der Waals surface area contributed by atoms with Crippen molar-refractivity contribution in [3.63, 3.8) is 0 Å². The molecule has 9 N–H and O–H groups in total. The molecule has 0 bridgehead atoms. The number of carboxylic acids is 1. The molecule has 0 fully saturated rings. The molecule has 3 amide bonds. The lowest BCUT2D eigenvalue weighted by Crippen LogP contribution is -2.54. The maximum absolute atomic E-state index is 12.3. The Labute approximate surface area is 163 Å². The van der Waals surface area contributed by atoms with Crippen molar-refractivity contribution < 1.29 is 29.4 Å². The summed E-state index contributed by atoms with van der Waals surface area (Å²) >= 11 is 3.87. The number of aliphatic carboxylic acids is 1. The molecule has 0 aromatic carbocycles. The molecule has 0 aliphatic heterocycles. The zero-order chi connectivity index (χ0) is 21.0. The number of aliphatic hydroxyl groups is 1. The van der Waals surface area contributed by atoms with E-state index in [0.29, 0.717) is 19.4 Å². The van der Waals surface area contributed by atoms with E-state index in [4.69, 9.17) is 16.6 Å². The van der Waals surface area contributed by atoms with E-state index in [0.717, 1.165) is 0 Å². The molecule has 4 atom stereocenters. The molecule has 27 heavy (non-hydrogen) atoms. The topological polar surface area (TPSA) is 197 Å². The summed E-state index contributed by atoms with van der Waals surface area (Å²) in [5.74, 6) is -3.41. The fourth-order valence-electron chi connectivity index (χ4n) is 1.97. The van der Waals surface area contributed by atoms with Gasteiger partial charge in [-0.05, 0) is 32.7 Å². The van der Waals surface area contributed by atoms with Crippen molar-refractivity contribution in [1.82, 2.24) is 16.0 Å². The molecule has 0 spiro atoms. The Hall–Kier alpha value is -1.89. The molecule has 12 heteroatoms. The molecule has 156 valence electrons. The first kappa shape index (κ1) is 25.1. The Bertz CT molecular complexity index is 519. The fourth-order valence-corrected chi connectivity index (χ4v) is 2.22. The summed E-state index contributed by atoms with van der Waals surface area (Å²) in [4.78, 5) is 47.0. The van der Waals surface area contributed by atoms with Crippen molar-refractivity contribution in [2.75, 3.05) is 18.8 Å². The molecular weight excluding hydrogens is 378 g/mol. The van der Waals surface area contributed by atoms with E-state index in [2.05, 4.69) is 28.6 Å². The average Bonchev–Trinajstić information content (AvgIpc) is 2.62. The van der Waals surface area contributed by atoms with Crippen LogP contribution in [0.2, 0.25) is 0 Å². The van der Waals surface area contributed by atoms with E-state index < -0.39 is 54.5 Å². The summed E-state index contributed by atoms with van der Waals surface area (Å²) in [6, 6.07) is -3.38. The second kappa shape index (κ2) is 13.3. The van der Waals surface area contributed by atoms with E-state index >= 15 is 0 Å². The number of nitrogens with two attached hydrogens (primary N) is 2. The van der Waals surface area contributed by atoms with E-state index in [-0.39, 0.29) is 12.2 Å². The molecule has 4 unspecified atom stereocenters. The molecule has 0 saturated heterocycles. The van der Waals surface area contributed by atoms with Crippen molar-refractivity contribution in [2.24, 2.45) is 11.5 Å². The van der Waals surface area contributed by atoms with Crippen LogP contribution in [0.1, 0.15) is 26.2 Å². The second-order valence-corrected chi connectivity index (χ2v) is 6.34. The summed E-state index contributed by atoms with van der Waals surface area (Å²) in [5.41, 5.74) is 10.9. The maximum Gasteiger partial charge on any atom is 0.327 e. The minimum atomic E-state index is -1.25. The van der Waals surface area contributed by atoms with Crippen LogP contribution < -0.4 is 27.4 Å². The number of rotatable bonds is 13. The summed E-state index contributed by atoms with van der Waals surface area (Å²) < 4.78 is 0. The van der Waals surface area contributed by atoms with Gasteiger partial charge in [0.15, 0.2) is 0 Å². The maximum atomic E-state index is 12.3. The van der Waals surface area contributed by atoms with Gasteiger partial charge in [0.05, 0.1) is 12.6 Å². The van der Waals surface area contributed by atoms with Crippen LogP contribution >= 0.6 is 12.6 Å². The van der Waals surface area contributed by atoms with Gasteiger partial charge in [-0.1, -0.05) is 0 Å². The van der Waals surface area contributed by atoms with E-state index in [1.807, 2.05) is 0 Å². The highest BCUT2D eigenvalue weighted by Gasteiger charge is 2.26. The normalized spacial score (nSPS) is 15.1. The molecule has 0 saturated carbocycles. The van der Waals surface area contributed by atoms with E-state index in [1.54, 1.807) is 0 Å². The number of carbonyl (C=O) groups is 4. The van der Waals surface area contributed by atoms with Crippen molar-refractivity contribution in [3.8, 4) is 0 Å². The van der Waals surface area contributed by atoms with Crippen molar-refractivity contribution >= 4 is 36.3 Å². The van der Waals surface area contributed by atoms with Gasteiger partial charge in [0.1, 0.15) is 18.1 Å². The first-order valence-corrected chi connectivity index (χ1v) is 9.12.